The molecule has 1 saturated carbocycles. The van der Waals surface area contributed by atoms with E-state index in [0.717, 1.165) is 0 Å². The highest BCUT2D eigenvalue weighted by Crippen LogP contribution is 2.56. The first-order valence-corrected chi connectivity index (χ1v) is 6.47. The Balaban J connectivity index is 2.26. The molecule has 0 heterocycles. The molecule has 0 radical (unpaired) electrons. The Hall–Kier alpha value is -0.780. The molecule has 0 nitrogen and oxygen atoms in total. The van der Waals surface area contributed by atoms with Crippen molar-refractivity contribution in [2.45, 2.75) is 46.5 Å². The maximum Gasteiger partial charge on any atom is 0.00120 e. The largest absolute Gasteiger partial charge is 0.0999 e. The molecule has 2 rings (SSSR count). The first kappa shape index (κ1) is 11.7. The Kier molecular flexibility index (Phi) is 2.86. The van der Waals surface area contributed by atoms with Crippen molar-refractivity contribution in [3.63, 3.8) is 0 Å². The monoisotopic (exact) mass is 216 g/mol. The van der Waals surface area contributed by atoms with Crippen molar-refractivity contribution in [1.82, 2.24) is 0 Å². The fraction of sp³-hybridized carbons (Fsp3) is 0.625. The third-order valence-corrected chi connectivity index (χ3v) is 5.11. The average Bonchev–Trinajstić information content (AvgIpc) is 2.52. The zero-order chi connectivity index (χ0) is 11.9. The summed E-state index contributed by atoms with van der Waals surface area (Å²) in [5, 5.41) is 0. The Morgan fingerprint density at radius 1 is 1.50 bits per heavy atom. The lowest BCUT2D eigenvalue weighted by atomic mass is 9.60. The summed E-state index contributed by atoms with van der Waals surface area (Å²) in [4.78, 5) is 0. The number of hydrogen-bond acceptors (Lipinski definition) is 0. The molecule has 0 aromatic rings. The first-order chi connectivity index (χ1) is 7.47. The fourth-order valence-electron chi connectivity index (χ4n) is 3.55. The van der Waals surface area contributed by atoms with Crippen LogP contribution in [-0.4, -0.2) is 0 Å². The molecule has 0 aromatic carbocycles. The molecule has 0 saturated heterocycles. The van der Waals surface area contributed by atoms with Crippen LogP contribution in [0.2, 0.25) is 0 Å². The second kappa shape index (κ2) is 3.91. The smallest absolute Gasteiger partial charge is 0.00120 e. The molecule has 0 heteroatoms. The summed E-state index contributed by atoms with van der Waals surface area (Å²) in [7, 11) is 0. The van der Waals surface area contributed by atoms with Crippen molar-refractivity contribution < 1.29 is 0 Å². The maximum atomic E-state index is 4.37. The minimum Gasteiger partial charge on any atom is -0.0999 e. The van der Waals surface area contributed by atoms with Gasteiger partial charge in [-0.3, -0.25) is 0 Å². The lowest BCUT2D eigenvalue weighted by molar-refractivity contribution is 0.188. The molecule has 88 valence electrons. The maximum absolute atomic E-state index is 4.37. The van der Waals surface area contributed by atoms with Gasteiger partial charge in [0.05, 0.1) is 0 Å². The molecule has 0 amide bonds. The number of hydrogen-bond donors (Lipinski definition) is 0. The van der Waals surface area contributed by atoms with Gasteiger partial charge in [0.1, 0.15) is 0 Å². The van der Waals surface area contributed by atoms with E-state index in [0.29, 0.717) is 17.3 Å². The minimum absolute atomic E-state index is 0.367. The normalized spacial score (nSPS) is 38.9. The summed E-state index contributed by atoms with van der Waals surface area (Å²) >= 11 is 0. The van der Waals surface area contributed by atoms with Crippen LogP contribution in [0.4, 0.5) is 0 Å². The topological polar surface area (TPSA) is 0 Å². The highest BCUT2D eigenvalue weighted by atomic mass is 14.5. The fourth-order valence-corrected chi connectivity index (χ4v) is 3.55. The molecule has 1 spiro atoms. The third kappa shape index (κ3) is 1.59. The predicted octanol–water partition coefficient (Wildman–Crippen LogP) is 4.89. The number of rotatable bonds is 1. The van der Waals surface area contributed by atoms with Gasteiger partial charge in [0.15, 0.2) is 0 Å². The van der Waals surface area contributed by atoms with E-state index in [1.807, 2.05) is 0 Å². The van der Waals surface area contributed by atoms with E-state index in [1.54, 1.807) is 5.57 Å². The van der Waals surface area contributed by atoms with Crippen molar-refractivity contribution in [2.24, 2.45) is 17.3 Å². The van der Waals surface area contributed by atoms with E-state index in [1.165, 1.54) is 36.8 Å². The molecule has 2 aliphatic rings. The second-order valence-electron chi connectivity index (χ2n) is 5.92. The standard InChI is InChI=1S/C16H24/c1-11(2)15-7-6-13(4)16(10-15)9-8-12(3)14(16)5/h8,14-15H,1,4,6-7,9-10H2,2-3,5H3/t14?,15-,16-/m0/s1. The zero-order valence-corrected chi connectivity index (χ0v) is 11.0. The first-order valence-electron chi connectivity index (χ1n) is 6.47. The Bertz CT molecular complexity index is 358. The third-order valence-electron chi connectivity index (χ3n) is 5.11. The van der Waals surface area contributed by atoms with Gasteiger partial charge < -0.3 is 0 Å². The van der Waals surface area contributed by atoms with Crippen molar-refractivity contribution in [3.05, 3.63) is 36.0 Å². The minimum atomic E-state index is 0.367. The molecule has 1 fully saturated rings. The molecule has 0 aromatic heterocycles. The molecule has 0 bridgehead atoms. The predicted molar refractivity (Wildman–Crippen MR) is 71.3 cm³/mol. The van der Waals surface area contributed by atoms with E-state index in [2.05, 4.69) is 40.0 Å². The zero-order valence-electron chi connectivity index (χ0n) is 11.0. The van der Waals surface area contributed by atoms with Gasteiger partial charge in [0.2, 0.25) is 0 Å². The average molecular weight is 216 g/mol. The van der Waals surface area contributed by atoms with Gasteiger partial charge in [-0.15, -0.1) is 0 Å². The lowest BCUT2D eigenvalue weighted by Gasteiger charge is -2.44. The van der Waals surface area contributed by atoms with E-state index in [-0.39, 0.29) is 0 Å². The van der Waals surface area contributed by atoms with Gasteiger partial charge in [-0.05, 0) is 51.4 Å². The summed E-state index contributed by atoms with van der Waals surface area (Å²) in [5.74, 6) is 1.40. The lowest BCUT2D eigenvalue weighted by Crippen LogP contribution is -2.34. The Morgan fingerprint density at radius 3 is 2.69 bits per heavy atom. The Morgan fingerprint density at radius 2 is 2.19 bits per heavy atom. The van der Waals surface area contributed by atoms with Crippen LogP contribution in [0, 0.1) is 17.3 Å². The van der Waals surface area contributed by atoms with Gasteiger partial charge in [-0.2, -0.15) is 0 Å². The second-order valence-corrected chi connectivity index (χ2v) is 5.92. The van der Waals surface area contributed by atoms with Crippen LogP contribution in [0.3, 0.4) is 0 Å². The van der Waals surface area contributed by atoms with Crippen molar-refractivity contribution in [2.75, 3.05) is 0 Å². The quantitative estimate of drug-likeness (QED) is 0.547. The summed E-state index contributed by atoms with van der Waals surface area (Å²) in [5.41, 5.74) is 4.78. The van der Waals surface area contributed by atoms with Crippen molar-refractivity contribution in [1.29, 1.82) is 0 Å². The highest BCUT2D eigenvalue weighted by Gasteiger charge is 2.45. The molecular formula is C16H24. The molecule has 0 N–H and O–H groups in total. The van der Waals surface area contributed by atoms with Crippen LogP contribution >= 0.6 is 0 Å². The molecule has 3 atom stereocenters. The van der Waals surface area contributed by atoms with E-state index < -0.39 is 0 Å². The summed E-state index contributed by atoms with van der Waals surface area (Å²) in [6, 6.07) is 0. The summed E-state index contributed by atoms with van der Waals surface area (Å²) in [6.45, 7) is 15.4. The van der Waals surface area contributed by atoms with E-state index in [4.69, 9.17) is 0 Å². The van der Waals surface area contributed by atoms with Gasteiger partial charge in [-0.25, -0.2) is 0 Å². The van der Waals surface area contributed by atoms with Crippen molar-refractivity contribution >= 4 is 0 Å². The number of allylic oxidation sites excluding steroid dienone is 4. The van der Waals surface area contributed by atoms with Crippen LogP contribution in [-0.2, 0) is 0 Å². The highest BCUT2D eigenvalue weighted by molar-refractivity contribution is 5.30. The van der Waals surface area contributed by atoms with Crippen LogP contribution in [0.1, 0.15) is 46.5 Å². The van der Waals surface area contributed by atoms with Crippen molar-refractivity contribution in [3.8, 4) is 0 Å². The van der Waals surface area contributed by atoms with Crippen LogP contribution in [0.15, 0.2) is 36.0 Å². The Labute approximate surface area is 100 Å². The van der Waals surface area contributed by atoms with Crippen LogP contribution in [0.5, 0.6) is 0 Å². The van der Waals surface area contributed by atoms with Gasteiger partial charge >= 0.3 is 0 Å². The molecule has 1 unspecified atom stereocenters. The SMILES string of the molecule is C=C(C)[C@H]1CCC(=C)[C@]2(CC=C(C)C2C)C1. The van der Waals surface area contributed by atoms with Crippen LogP contribution in [0.25, 0.3) is 0 Å². The van der Waals surface area contributed by atoms with Crippen LogP contribution < -0.4 is 0 Å². The van der Waals surface area contributed by atoms with Gasteiger partial charge in [-0.1, -0.05) is 42.9 Å². The molecule has 16 heavy (non-hydrogen) atoms. The van der Waals surface area contributed by atoms with Gasteiger partial charge in [0, 0.05) is 5.41 Å². The molecular weight excluding hydrogens is 192 g/mol. The molecule has 0 aliphatic heterocycles. The van der Waals surface area contributed by atoms with E-state index >= 15 is 0 Å². The molecule has 2 aliphatic carbocycles. The van der Waals surface area contributed by atoms with E-state index in [9.17, 15) is 0 Å². The summed E-state index contributed by atoms with van der Waals surface area (Å²) < 4.78 is 0. The summed E-state index contributed by atoms with van der Waals surface area (Å²) in [6.07, 6.45) is 7.38. The van der Waals surface area contributed by atoms with Gasteiger partial charge in [0.25, 0.3) is 0 Å².